The monoisotopic (exact) mass is 376 g/mol. The number of anilines is 1. The van der Waals surface area contributed by atoms with Crippen LogP contribution in [-0.2, 0) is 16.6 Å². The molecule has 26 heavy (non-hydrogen) atoms. The molecule has 3 rings (SSSR count). The van der Waals surface area contributed by atoms with Crippen LogP contribution in [0.2, 0.25) is 0 Å². The van der Waals surface area contributed by atoms with Gasteiger partial charge in [0.05, 0.1) is 0 Å². The first kappa shape index (κ1) is 18.8. The Labute approximate surface area is 157 Å². The second kappa shape index (κ2) is 8.12. The minimum absolute atomic E-state index is 0.161. The minimum Gasteiger partial charge on any atom is -0.359 e. The van der Waals surface area contributed by atoms with Crippen LogP contribution in [0.15, 0.2) is 24.3 Å². The first-order valence-corrected chi connectivity index (χ1v) is 9.82. The zero-order chi connectivity index (χ0) is 18.6. The summed E-state index contributed by atoms with van der Waals surface area (Å²) in [5.41, 5.74) is 0.901. The first-order chi connectivity index (χ1) is 12.4. The number of amides is 1. The SMILES string of the molecule is CC(C)(CNc1nc(CCC(=O)N2CCCC2)ns1)c1ccc(F)cc1. The van der Waals surface area contributed by atoms with Gasteiger partial charge in [-0.25, -0.2) is 9.37 Å². The van der Waals surface area contributed by atoms with E-state index in [1.54, 1.807) is 0 Å². The van der Waals surface area contributed by atoms with E-state index in [0.717, 1.165) is 36.6 Å². The number of benzene rings is 1. The number of halogens is 1. The molecule has 0 saturated carbocycles. The van der Waals surface area contributed by atoms with Gasteiger partial charge < -0.3 is 10.2 Å². The maximum Gasteiger partial charge on any atom is 0.223 e. The van der Waals surface area contributed by atoms with E-state index in [-0.39, 0.29) is 17.1 Å². The molecule has 2 heterocycles. The van der Waals surface area contributed by atoms with Gasteiger partial charge in [-0.15, -0.1) is 0 Å². The maximum absolute atomic E-state index is 13.1. The summed E-state index contributed by atoms with van der Waals surface area (Å²) in [7, 11) is 0. The van der Waals surface area contributed by atoms with Crippen molar-refractivity contribution in [2.24, 2.45) is 0 Å². The predicted molar refractivity (Wildman–Crippen MR) is 102 cm³/mol. The highest BCUT2D eigenvalue weighted by Crippen LogP contribution is 2.24. The van der Waals surface area contributed by atoms with Crippen LogP contribution in [0.3, 0.4) is 0 Å². The molecule has 0 aliphatic carbocycles. The molecule has 0 bridgehead atoms. The third-order valence-electron chi connectivity index (χ3n) is 4.80. The Kier molecular flexibility index (Phi) is 5.86. The Bertz CT molecular complexity index is 738. The summed E-state index contributed by atoms with van der Waals surface area (Å²) in [5.74, 6) is 0.684. The molecule has 1 aliphatic heterocycles. The summed E-state index contributed by atoms with van der Waals surface area (Å²) in [6.07, 6.45) is 3.27. The summed E-state index contributed by atoms with van der Waals surface area (Å²) in [4.78, 5) is 18.5. The van der Waals surface area contributed by atoms with Gasteiger partial charge in [0.15, 0.2) is 0 Å². The Balaban J connectivity index is 1.50. The standard InChI is InChI=1S/C19H25FN4OS/c1-19(2,14-5-7-15(20)8-6-14)13-21-18-22-16(23-26-18)9-10-17(25)24-11-3-4-12-24/h5-8H,3-4,9-13H2,1-2H3,(H,21,22,23). The number of carbonyl (C=O) groups excluding carboxylic acids is 1. The molecular weight excluding hydrogens is 351 g/mol. The van der Waals surface area contributed by atoms with Crippen molar-refractivity contribution in [2.45, 2.75) is 44.9 Å². The number of likely N-dealkylation sites (tertiary alicyclic amines) is 1. The number of rotatable bonds is 7. The van der Waals surface area contributed by atoms with Crippen LogP contribution >= 0.6 is 11.5 Å². The highest BCUT2D eigenvalue weighted by Gasteiger charge is 2.21. The zero-order valence-electron chi connectivity index (χ0n) is 15.3. The predicted octanol–water partition coefficient (Wildman–Crippen LogP) is 3.62. The van der Waals surface area contributed by atoms with Crippen LogP contribution in [0.5, 0.6) is 0 Å². The summed E-state index contributed by atoms with van der Waals surface area (Å²) in [6, 6.07) is 6.59. The van der Waals surface area contributed by atoms with Crippen molar-refractivity contribution in [3.05, 3.63) is 41.5 Å². The molecule has 1 amide bonds. The van der Waals surface area contributed by atoms with Crippen molar-refractivity contribution < 1.29 is 9.18 Å². The van der Waals surface area contributed by atoms with Crippen molar-refractivity contribution in [2.75, 3.05) is 25.0 Å². The topological polar surface area (TPSA) is 58.1 Å². The van der Waals surface area contributed by atoms with E-state index in [1.807, 2.05) is 17.0 Å². The van der Waals surface area contributed by atoms with E-state index in [9.17, 15) is 9.18 Å². The molecule has 1 aromatic heterocycles. The number of nitrogens with one attached hydrogen (secondary N) is 1. The second-order valence-corrected chi connectivity index (χ2v) is 8.10. The van der Waals surface area contributed by atoms with Crippen molar-refractivity contribution in [1.29, 1.82) is 0 Å². The Hall–Kier alpha value is -2.02. The lowest BCUT2D eigenvalue weighted by atomic mass is 9.85. The van der Waals surface area contributed by atoms with E-state index < -0.39 is 0 Å². The number of hydrogen-bond donors (Lipinski definition) is 1. The molecule has 0 atom stereocenters. The smallest absolute Gasteiger partial charge is 0.223 e. The third-order valence-corrected chi connectivity index (χ3v) is 5.51. The van der Waals surface area contributed by atoms with Crippen molar-refractivity contribution in [3.8, 4) is 0 Å². The fourth-order valence-corrected chi connectivity index (χ4v) is 3.68. The fourth-order valence-electron chi connectivity index (χ4n) is 3.07. The average molecular weight is 377 g/mol. The zero-order valence-corrected chi connectivity index (χ0v) is 16.1. The normalized spacial score (nSPS) is 14.7. The average Bonchev–Trinajstić information content (AvgIpc) is 3.30. The van der Waals surface area contributed by atoms with Crippen LogP contribution in [0, 0.1) is 5.82 Å². The van der Waals surface area contributed by atoms with Gasteiger partial charge >= 0.3 is 0 Å². The van der Waals surface area contributed by atoms with Crippen LogP contribution in [0.25, 0.3) is 0 Å². The van der Waals surface area contributed by atoms with Gasteiger partial charge in [0.1, 0.15) is 11.6 Å². The third kappa shape index (κ3) is 4.78. The maximum atomic E-state index is 13.1. The van der Waals surface area contributed by atoms with Crippen LogP contribution in [0.1, 0.15) is 44.5 Å². The van der Waals surface area contributed by atoms with Crippen molar-refractivity contribution in [3.63, 3.8) is 0 Å². The molecule has 1 saturated heterocycles. The molecule has 2 aromatic rings. The number of aromatic nitrogens is 2. The number of nitrogens with zero attached hydrogens (tertiary/aromatic N) is 3. The Morgan fingerprint density at radius 2 is 1.96 bits per heavy atom. The van der Waals surface area contributed by atoms with Crippen molar-refractivity contribution in [1.82, 2.24) is 14.3 Å². The van der Waals surface area contributed by atoms with E-state index in [2.05, 4.69) is 28.5 Å². The Morgan fingerprint density at radius 1 is 1.27 bits per heavy atom. The van der Waals surface area contributed by atoms with Crippen LogP contribution in [0.4, 0.5) is 9.52 Å². The van der Waals surface area contributed by atoms with Gasteiger partial charge in [-0.2, -0.15) is 4.37 Å². The largest absolute Gasteiger partial charge is 0.359 e. The molecular formula is C19H25FN4OS. The lowest BCUT2D eigenvalue weighted by Crippen LogP contribution is -2.28. The van der Waals surface area contributed by atoms with Gasteiger partial charge in [-0.05, 0) is 30.5 Å². The summed E-state index contributed by atoms with van der Waals surface area (Å²) in [5, 5.41) is 4.07. The van der Waals surface area contributed by atoms with Crippen molar-refractivity contribution >= 4 is 22.6 Å². The van der Waals surface area contributed by atoms with E-state index in [4.69, 9.17) is 0 Å². The first-order valence-electron chi connectivity index (χ1n) is 9.04. The van der Waals surface area contributed by atoms with Gasteiger partial charge in [-0.1, -0.05) is 26.0 Å². The summed E-state index contributed by atoms with van der Waals surface area (Å²) >= 11 is 1.31. The van der Waals surface area contributed by atoms with Gasteiger partial charge in [0.25, 0.3) is 0 Å². The van der Waals surface area contributed by atoms with Gasteiger partial charge in [-0.3, -0.25) is 4.79 Å². The molecule has 7 heteroatoms. The Morgan fingerprint density at radius 3 is 2.65 bits per heavy atom. The molecule has 1 aromatic carbocycles. The lowest BCUT2D eigenvalue weighted by molar-refractivity contribution is -0.130. The second-order valence-electron chi connectivity index (χ2n) is 7.35. The molecule has 1 N–H and O–H groups in total. The highest BCUT2D eigenvalue weighted by atomic mass is 32.1. The molecule has 140 valence electrons. The minimum atomic E-state index is -0.227. The number of hydrogen-bond acceptors (Lipinski definition) is 5. The van der Waals surface area contributed by atoms with Crippen LogP contribution < -0.4 is 5.32 Å². The molecule has 1 aliphatic rings. The summed E-state index contributed by atoms with van der Waals surface area (Å²) in [6.45, 7) is 6.64. The highest BCUT2D eigenvalue weighted by molar-refractivity contribution is 7.09. The van der Waals surface area contributed by atoms with Gasteiger partial charge in [0.2, 0.25) is 11.0 Å². The summed E-state index contributed by atoms with van der Waals surface area (Å²) < 4.78 is 17.4. The quantitative estimate of drug-likeness (QED) is 0.802. The molecule has 1 fully saturated rings. The lowest BCUT2D eigenvalue weighted by Gasteiger charge is -2.25. The molecule has 0 unspecified atom stereocenters. The molecule has 0 spiro atoms. The number of carbonyl (C=O) groups is 1. The van der Waals surface area contributed by atoms with Crippen LogP contribution in [-0.4, -0.2) is 39.8 Å². The van der Waals surface area contributed by atoms with E-state index in [0.29, 0.717) is 25.2 Å². The fraction of sp³-hybridized carbons (Fsp3) is 0.526. The van der Waals surface area contributed by atoms with Gasteiger partial charge in [0, 0.05) is 49.4 Å². The molecule has 0 radical (unpaired) electrons. The van der Waals surface area contributed by atoms with E-state index >= 15 is 0 Å². The number of aryl methyl sites for hydroxylation is 1. The van der Waals surface area contributed by atoms with E-state index in [1.165, 1.54) is 23.7 Å². The molecule has 5 nitrogen and oxygen atoms in total.